The number of carbonyl (C=O) groups is 1. The summed E-state index contributed by atoms with van der Waals surface area (Å²) in [7, 11) is -3.34. The van der Waals surface area contributed by atoms with E-state index in [2.05, 4.69) is 6.92 Å². The molecule has 2 heterocycles. The lowest BCUT2D eigenvalue weighted by Gasteiger charge is -2.20. The van der Waals surface area contributed by atoms with Crippen LogP contribution in [0.15, 0.2) is 45.2 Å². The van der Waals surface area contributed by atoms with E-state index < -0.39 is 9.84 Å². The number of benzene rings is 1. The second-order valence-corrected chi connectivity index (χ2v) is 10.9. The van der Waals surface area contributed by atoms with E-state index in [0.29, 0.717) is 34.9 Å². The molecule has 0 bridgehead atoms. The van der Waals surface area contributed by atoms with Crippen LogP contribution in [0.2, 0.25) is 0 Å². The van der Waals surface area contributed by atoms with E-state index in [9.17, 15) is 13.2 Å². The van der Waals surface area contributed by atoms with Gasteiger partial charge < -0.3 is 13.7 Å². The molecule has 2 aliphatic rings. The molecule has 0 N–H and O–H groups in total. The lowest BCUT2D eigenvalue weighted by Crippen LogP contribution is -2.33. The van der Waals surface area contributed by atoms with E-state index in [1.54, 1.807) is 17.0 Å². The lowest BCUT2D eigenvalue weighted by atomic mass is 10.1. The maximum Gasteiger partial charge on any atom is 0.290 e. The van der Waals surface area contributed by atoms with Crippen LogP contribution >= 0.6 is 0 Å². The number of furan rings is 2. The van der Waals surface area contributed by atoms with Gasteiger partial charge in [-0.3, -0.25) is 4.79 Å². The van der Waals surface area contributed by atoms with Crippen molar-refractivity contribution in [3.05, 3.63) is 59.2 Å². The first-order valence-corrected chi connectivity index (χ1v) is 12.4. The Morgan fingerprint density at radius 1 is 1.13 bits per heavy atom. The third-order valence-corrected chi connectivity index (χ3v) is 6.84. The molecule has 5 rings (SSSR count). The van der Waals surface area contributed by atoms with Gasteiger partial charge in [-0.1, -0.05) is 25.1 Å². The van der Waals surface area contributed by atoms with E-state index in [0.717, 1.165) is 30.8 Å². The molecule has 0 saturated heterocycles. The summed E-state index contributed by atoms with van der Waals surface area (Å²) in [4.78, 5) is 15.3. The summed E-state index contributed by atoms with van der Waals surface area (Å²) in [5.74, 6) is 2.50. The van der Waals surface area contributed by atoms with Crippen LogP contribution in [0.5, 0.6) is 0 Å². The van der Waals surface area contributed by atoms with Gasteiger partial charge in [0.25, 0.3) is 5.91 Å². The van der Waals surface area contributed by atoms with Crippen molar-refractivity contribution in [1.29, 1.82) is 0 Å². The Labute approximate surface area is 175 Å². The van der Waals surface area contributed by atoms with Crippen molar-refractivity contribution in [2.24, 2.45) is 5.92 Å². The molecule has 2 fully saturated rings. The van der Waals surface area contributed by atoms with Crippen LogP contribution in [0.4, 0.5) is 0 Å². The van der Waals surface area contributed by atoms with Gasteiger partial charge in [-0.25, -0.2) is 8.42 Å². The van der Waals surface area contributed by atoms with Gasteiger partial charge >= 0.3 is 0 Å². The van der Waals surface area contributed by atoms with Gasteiger partial charge in [0.1, 0.15) is 17.1 Å². The number of nitrogens with zero attached hydrogens (tertiary/aromatic N) is 1. The number of carbonyl (C=O) groups excluding carboxylic acids is 1. The van der Waals surface area contributed by atoms with Crippen molar-refractivity contribution < 1.29 is 22.0 Å². The van der Waals surface area contributed by atoms with E-state index in [1.807, 2.05) is 24.3 Å². The minimum Gasteiger partial charge on any atom is -0.464 e. The molecule has 158 valence electrons. The molecular formula is C23H25NO5S. The second-order valence-electron chi connectivity index (χ2n) is 8.76. The Hall–Kier alpha value is -2.54. The number of para-hydroxylation sites is 1. The van der Waals surface area contributed by atoms with Gasteiger partial charge in [-0.05, 0) is 43.4 Å². The number of sulfone groups is 1. The van der Waals surface area contributed by atoms with Crippen LogP contribution in [-0.4, -0.2) is 31.5 Å². The standard InChI is InChI=1S/C23H25NO5S/c1-14-11-18(14)21-10-9-16(28-21)12-24(15-7-8-15)23(25)22-19(13-30(2,26)27)17-5-3-4-6-20(17)29-22/h3-6,9-10,14-15,18H,7-8,11-13H2,1-2H3. The molecule has 2 aromatic heterocycles. The third-order valence-electron chi connectivity index (χ3n) is 6.03. The van der Waals surface area contributed by atoms with E-state index in [1.165, 1.54) is 6.26 Å². The first-order valence-electron chi connectivity index (χ1n) is 10.4. The van der Waals surface area contributed by atoms with Crippen molar-refractivity contribution in [2.45, 2.75) is 50.4 Å². The normalized spacial score (nSPS) is 21.1. The average molecular weight is 428 g/mol. The topological polar surface area (TPSA) is 80.7 Å². The lowest BCUT2D eigenvalue weighted by molar-refractivity contribution is 0.0685. The van der Waals surface area contributed by atoms with Crippen molar-refractivity contribution >= 4 is 26.7 Å². The summed E-state index contributed by atoms with van der Waals surface area (Å²) in [5.41, 5.74) is 0.967. The average Bonchev–Trinajstić information content (AvgIpc) is 3.59. The summed E-state index contributed by atoms with van der Waals surface area (Å²) in [6, 6.07) is 11.3. The molecule has 2 aliphatic carbocycles. The molecule has 0 aliphatic heterocycles. The molecule has 7 heteroatoms. The van der Waals surface area contributed by atoms with E-state index >= 15 is 0 Å². The Morgan fingerprint density at radius 3 is 2.53 bits per heavy atom. The van der Waals surface area contributed by atoms with E-state index in [4.69, 9.17) is 8.83 Å². The maximum atomic E-state index is 13.5. The first kappa shape index (κ1) is 19.4. The molecule has 1 aromatic carbocycles. The molecule has 1 amide bonds. The number of amides is 1. The highest BCUT2D eigenvalue weighted by molar-refractivity contribution is 7.89. The minimum absolute atomic E-state index is 0.121. The molecule has 0 spiro atoms. The van der Waals surface area contributed by atoms with Crippen LogP contribution < -0.4 is 0 Å². The summed E-state index contributed by atoms with van der Waals surface area (Å²) in [6.07, 6.45) is 4.18. The molecule has 2 atom stereocenters. The number of hydrogen-bond donors (Lipinski definition) is 0. The largest absolute Gasteiger partial charge is 0.464 e. The van der Waals surface area contributed by atoms with Gasteiger partial charge in [0, 0.05) is 29.2 Å². The zero-order valence-electron chi connectivity index (χ0n) is 17.1. The Kier molecular flexibility index (Phi) is 4.54. The molecule has 6 nitrogen and oxygen atoms in total. The van der Waals surface area contributed by atoms with Crippen molar-refractivity contribution in [3.8, 4) is 0 Å². The maximum absolute atomic E-state index is 13.5. The minimum atomic E-state index is -3.34. The van der Waals surface area contributed by atoms with Crippen LogP contribution in [0, 0.1) is 5.92 Å². The van der Waals surface area contributed by atoms with Crippen molar-refractivity contribution in [3.63, 3.8) is 0 Å². The molecule has 2 saturated carbocycles. The SMILES string of the molecule is CC1CC1c1ccc(CN(C(=O)c2oc3ccccc3c2CS(C)(=O)=O)C2CC2)o1. The number of hydrogen-bond acceptors (Lipinski definition) is 5. The smallest absolute Gasteiger partial charge is 0.290 e. The van der Waals surface area contributed by atoms with Crippen LogP contribution in [-0.2, 0) is 22.1 Å². The van der Waals surface area contributed by atoms with Gasteiger partial charge in [0.2, 0.25) is 0 Å². The Morgan fingerprint density at radius 2 is 1.87 bits per heavy atom. The predicted molar refractivity (Wildman–Crippen MR) is 113 cm³/mol. The van der Waals surface area contributed by atoms with Gasteiger partial charge in [-0.15, -0.1) is 0 Å². The molecule has 3 aromatic rings. The zero-order valence-corrected chi connectivity index (χ0v) is 17.9. The highest BCUT2D eigenvalue weighted by Gasteiger charge is 2.39. The summed E-state index contributed by atoms with van der Waals surface area (Å²) >= 11 is 0. The van der Waals surface area contributed by atoms with Gasteiger partial charge in [0.15, 0.2) is 15.6 Å². The zero-order chi connectivity index (χ0) is 21.0. The molecule has 2 unspecified atom stereocenters. The molecule has 0 radical (unpaired) electrons. The fourth-order valence-electron chi connectivity index (χ4n) is 4.13. The van der Waals surface area contributed by atoms with Crippen molar-refractivity contribution in [1.82, 2.24) is 4.90 Å². The predicted octanol–water partition coefficient (Wildman–Crippen LogP) is 4.50. The van der Waals surface area contributed by atoms with Crippen LogP contribution in [0.3, 0.4) is 0 Å². The van der Waals surface area contributed by atoms with Crippen LogP contribution in [0.1, 0.15) is 59.7 Å². The van der Waals surface area contributed by atoms with Crippen molar-refractivity contribution in [2.75, 3.05) is 6.26 Å². The fraction of sp³-hybridized carbons (Fsp3) is 0.435. The highest BCUT2D eigenvalue weighted by atomic mass is 32.2. The second kappa shape index (κ2) is 7.01. The Balaban J connectivity index is 1.47. The third kappa shape index (κ3) is 3.78. The Bertz CT molecular complexity index is 1220. The number of rotatable bonds is 7. The summed E-state index contributed by atoms with van der Waals surface area (Å²) in [6.45, 7) is 2.57. The van der Waals surface area contributed by atoms with Crippen LogP contribution in [0.25, 0.3) is 11.0 Å². The van der Waals surface area contributed by atoms with Gasteiger partial charge in [0.05, 0.1) is 12.3 Å². The highest BCUT2D eigenvalue weighted by Crippen LogP contribution is 2.47. The summed E-state index contributed by atoms with van der Waals surface area (Å²) in [5, 5.41) is 0.671. The quantitative estimate of drug-likeness (QED) is 0.555. The van der Waals surface area contributed by atoms with Gasteiger partial charge in [-0.2, -0.15) is 0 Å². The fourth-order valence-corrected chi connectivity index (χ4v) is 4.94. The first-order chi connectivity index (χ1) is 14.3. The molecule has 30 heavy (non-hydrogen) atoms. The van der Waals surface area contributed by atoms with E-state index in [-0.39, 0.29) is 23.5 Å². The summed E-state index contributed by atoms with van der Waals surface area (Å²) < 4.78 is 36.0. The number of fused-ring (bicyclic) bond motifs is 1. The monoisotopic (exact) mass is 427 g/mol. The molecular weight excluding hydrogens is 402 g/mol.